The first-order valence-electron chi connectivity index (χ1n) is 11.9. The van der Waals surface area contributed by atoms with Gasteiger partial charge in [-0.3, -0.25) is 0 Å². The minimum atomic E-state index is -1.70. The van der Waals surface area contributed by atoms with Gasteiger partial charge in [0.1, 0.15) is 0 Å². The smallest absolute Gasteiger partial charge is 0.0714 e. The van der Waals surface area contributed by atoms with Gasteiger partial charge in [-0.15, -0.1) is 0 Å². The van der Waals surface area contributed by atoms with Crippen molar-refractivity contribution in [2.24, 2.45) is 11.8 Å². The van der Waals surface area contributed by atoms with Crippen molar-refractivity contribution in [1.29, 1.82) is 0 Å². The Morgan fingerprint density at radius 2 is 1.55 bits per heavy atom. The Labute approximate surface area is 190 Å². The molecule has 0 N–H and O–H groups in total. The van der Waals surface area contributed by atoms with E-state index in [0.717, 1.165) is 0 Å². The molecule has 0 spiro atoms. The molecule has 31 heavy (non-hydrogen) atoms. The fourth-order valence-corrected chi connectivity index (χ4v) is 10.6. The van der Waals surface area contributed by atoms with Gasteiger partial charge in [0.15, 0.2) is 0 Å². The minimum Gasteiger partial charge on any atom is -0.0765 e. The number of hydrogen-bond donors (Lipinski definition) is 0. The third kappa shape index (κ3) is 3.93. The van der Waals surface area contributed by atoms with E-state index in [4.69, 9.17) is 0 Å². The van der Waals surface area contributed by atoms with Crippen molar-refractivity contribution in [3.63, 3.8) is 0 Å². The van der Waals surface area contributed by atoms with E-state index in [9.17, 15) is 0 Å². The summed E-state index contributed by atoms with van der Waals surface area (Å²) in [5.74, 6) is 1.66. The van der Waals surface area contributed by atoms with E-state index in [0.29, 0.717) is 28.8 Å². The van der Waals surface area contributed by atoms with Crippen LogP contribution in [-0.4, -0.2) is 8.07 Å². The SMILES string of the molecule is CC1=CC(C(C)C(C)C)=CC1[Si](C)(C)C1C(C)=CC2=C1C=CC=CC2c1ccccc1. The highest BCUT2D eigenvalue weighted by Gasteiger charge is 2.45. The molecule has 1 heteroatoms. The number of allylic oxidation sites excluding steroid dienone is 12. The van der Waals surface area contributed by atoms with Crippen molar-refractivity contribution in [3.8, 4) is 0 Å². The number of benzene rings is 1. The molecule has 162 valence electrons. The van der Waals surface area contributed by atoms with Crippen LogP contribution in [0.4, 0.5) is 0 Å². The molecule has 0 saturated heterocycles. The summed E-state index contributed by atoms with van der Waals surface area (Å²) < 4.78 is 0. The molecular weight excluding hydrogens is 388 g/mol. The van der Waals surface area contributed by atoms with E-state index in [1.807, 2.05) is 0 Å². The molecule has 0 fully saturated rings. The minimum absolute atomic E-state index is 0.350. The van der Waals surface area contributed by atoms with Crippen LogP contribution in [0.3, 0.4) is 0 Å². The highest BCUT2D eigenvalue weighted by Crippen LogP contribution is 2.55. The zero-order valence-corrected chi connectivity index (χ0v) is 21.3. The van der Waals surface area contributed by atoms with Gasteiger partial charge in [0.05, 0.1) is 8.07 Å². The van der Waals surface area contributed by atoms with E-state index in [1.165, 1.54) is 11.1 Å². The summed E-state index contributed by atoms with van der Waals surface area (Å²) in [6, 6.07) is 11.0. The Morgan fingerprint density at radius 1 is 0.839 bits per heavy atom. The Morgan fingerprint density at radius 3 is 2.23 bits per heavy atom. The van der Waals surface area contributed by atoms with Crippen LogP contribution in [0.25, 0.3) is 0 Å². The molecule has 3 aliphatic rings. The normalized spacial score (nSPS) is 26.6. The van der Waals surface area contributed by atoms with Crippen LogP contribution < -0.4 is 0 Å². The Balaban J connectivity index is 1.74. The monoisotopic (exact) mass is 426 g/mol. The van der Waals surface area contributed by atoms with Crippen molar-refractivity contribution >= 4 is 8.07 Å². The van der Waals surface area contributed by atoms with Crippen LogP contribution in [-0.2, 0) is 0 Å². The number of hydrogen-bond acceptors (Lipinski definition) is 0. The van der Waals surface area contributed by atoms with E-state index in [-0.39, 0.29) is 0 Å². The summed E-state index contributed by atoms with van der Waals surface area (Å²) >= 11 is 0. The molecule has 0 heterocycles. The predicted molar refractivity (Wildman–Crippen MR) is 139 cm³/mol. The predicted octanol–water partition coefficient (Wildman–Crippen LogP) is 8.78. The molecule has 4 atom stereocenters. The van der Waals surface area contributed by atoms with Crippen molar-refractivity contribution in [2.45, 2.75) is 64.7 Å². The molecule has 0 aliphatic heterocycles. The van der Waals surface area contributed by atoms with Gasteiger partial charge in [0.25, 0.3) is 0 Å². The quantitative estimate of drug-likeness (QED) is 0.413. The zero-order chi connectivity index (χ0) is 22.3. The van der Waals surface area contributed by atoms with E-state index in [1.54, 1.807) is 22.3 Å². The second-order valence-electron chi connectivity index (χ2n) is 10.8. The third-order valence-electron chi connectivity index (χ3n) is 7.98. The summed E-state index contributed by atoms with van der Waals surface area (Å²) in [7, 11) is -1.70. The lowest BCUT2D eigenvalue weighted by Crippen LogP contribution is -2.38. The average Bonchev–Trinajstić information content (AvgIpc) is 3.22. The lowest BCUT2D eigenvalue weighted by molar-refractivity contribution is 0.488. The highest BCUT2D eigenvalue weighted by molar-refractivity contribution is 6.82. The van der Waals surface area contributed by atoms with Gasteiger partial charge in [0, 0.05) is 11.5 Å². The Kier molecular flexibility index (Phi) is 6.01. The van der Waals surface area contributed by atoms with Crippen molar-refractivity contribution in [2.75, 3.05) is 0 Å². The molecule has 0 bridgehead atoms. The molecule has 0 nitrogen and oxygen atoms in total. The first kappa shape index (κ1) is 22.1. The molecule has 1 aromatic carbocycles. The maximum Gasteiger partial charge on any atom is 0.0714 e. The van der Waals surface area contributed by atoms with Crippen molar-refractivity contribution < 1.29 is 0 Å². The fourth-order valence-electron chi connectivity index (χ4n) is 6.04. The molecule has 1 aromatic rings. The summed E-state index contributed by atoms with van der Waals surface area (Å²) in [4.78, 5) is 0. The van der Waals surface area contributed by atoms with E-state index < -0.39 is 8.07 Å². The van der Waals surface area contributed by atoms with Crippen LogP contribution in [0.1, 0.15) is 46.1 Å². The Hall–Kier alpha value is -2.12. The molecule has 0 aromatic heterocycles. The van der Waals surface area contributed by atoms with E-state index >= 15 is 0 Å². The molecule has 0 amide bonds. The molecule has 0 radical (unpaired) electrons. The molecular formula is C30H38Si. The average molecular weight is 427 g/mol. The lowest BCUT2D eigenvalue weighted by Gasteiger charge is -2.38. The van der Waals surface area contributed by atoms with Gasteiger partial charge in [0.2, 0.25) is 0 Å². The van der Waals surface area contributed by atoms with Crippen LogP contribution in [0.15, 0.2) is 101 Å². The largest absolute Gasteiger partial charge is 0.0765 e. The van der Waals surface area contributed by atoms with Gasteiger partial charge >= 0.3 is 0 Å². The van der Waals surface area contributed by atoms with Crippen LogP contribution in [0.2, 0.25) is 24.2 Å². The summed E-state index contributed by atoms with van der Waals surface area (Å²) in [6.45, 7) is 17.1. The van der Waals surface area contributed by atoms with Gasteiger partial charge in [-0.2, -0.15) is 0 Å². The second kappa shape index (κ2) is 8.43. The second-order valence-corrected chi connectivity index (χ2v) is 15.6. The first-order valence-corrected chi connectivity index (χ1v) is 15.1. The molecule has 4 unspecified atom stereocenters. The topological polar surface area (TPSA) is 0 Å². The zero-order valence-electron chi connectivity index (χ0n) is 20.3. The van der Waals surface area contributed by atoms with Gasteiger partial charge in [-0.05, 0) is 53.5 Å². The summed E-state index contributed by atoms with van der Waals surface area (Å²) in [6.07, 6.45) is 17.0. The maximum absolute atomic E-state index is 2.64. The van der Waals surface area contributed by atoms with Gasteiger partial charge < -0.3 is 0 Å². The molecule has 0 saturated carbocycles. The molecule has 3 aliphatic carbocycles. The van der Waals surface area contributed by atoms with Crippen molar-refractivity contribution in [3.05, 3.63) is 106 Å². The fraction of sp³-hybridized carbons (Fsp3) is 0.400. The first-order chi connectivity index (χ1) is 14.7. The maximum atomic E-state index is 2.64. The van der Waals surface area contributed by atoms with Crippen LogP contribution in [0.5, 0.6) is 0 Å². The molecule has 4 rings (SSSR count). The van der Waals surface area contributed by atoms with Gasteiger partial charge in [-0.1, -0.05) is 118 Å². The lowest BCUT2D eigenvalue weighted by atomic mass is 9.90. The summed E-state index contributed by atoms with van der Waals surface area (Å²) in [5, 5.41) is 0. The van der Waals surface area contributed by atoms with Crippen LogP contribution in [0, 0.1) is 11.8 Å². The number of rotatable bonds is 5. The van der Waals surface area contributed by atoms with E-state index in [2.05, 4.69) is 121 Å². The standard InChI is InChI=1S/C30H38Si/c1-20(2)23(5)25-17-21(3)29(19-25)31(6,7)30-22(4)18-28-26(15-11-12-16-27(28)30)24-13-9-8-10-14-24/h8-20,23,26,29-30H,1-7H3. The van der Waals surface area contributed by atoms with Crippen molar-refractivity contribution in [1.82, 2.24) is 0 Å². The third-order valence-corrected chi connectivity index (χ3v) is 12.5. The van der Waals surface area contributed by atoms with Crippen LogP contribution >= 0.6 is 0 Å². The Bertz CT molecular complexity index is 1020. The highest BCUT2D eigenvalue weighted by atomic mass is 28.3. The summed E-state index contributed by atoms with van der Waals surface area (Å²) in [5.41, 5.74) is 10.4. The van der Waals surface area contributed by atoms with Gasteiger partial charge in [-0.25, -0.2) is 0 Å².